The molecule has 0 aromatic heterocycles. The van der Waals surface area contributed by atoms with Crippen LogP contribution in [0.15, 0.2) is 11.8 Å². The highest BCUT2D eigenvalue weighted by molar-refractivity contribution is 5.88. The third-order valence-electron chi connectivity index (χ3n) is 13.4. The Bertz CT molecular complexity index is 1420. The Labute approximate surface area is 268 Å². The fraction of sp³-hybridized carbons (Fsp3) is 0.794. The van der Waals surface area contributed by atoms with E-state index in [9.17, 15) is 34.2 Å². The summed E-state index contributed by atoms with van der Waals surface area (Å²) in [7, 11) is 0. The van der Waals surface area contributed by atoms with E-state index in [0.29, 0.717) is 0 Å². The van der Waals surface area contributed by atoms with Crippen LogP contribution in [-0.4, -0.2) is 82.6 Å². The van der Waals surface area contributed by atoms with Gasteiger partial charge in [-0.25, -0.2) is 4.79 Å². The standard InChI is InChI=1S/C34H46O12/c1-13-10-21-33(8,34(9,41)30(40)46-21)25-23(13)32(7)20(43-15(3)35)11-18-22(24(32)28(25)44-16(4)36)27(39)26(38)19-12-42-14(2)29(31(18,19)6)45-17(5)37/h10,13-14,18-20,22-25,27-29,39,41H,11-12H2,1-9H3/t13?,14?,18?,19?,20?,22?,23?,24?,25?,27-,28?,29?,31-,32-,33+,34-/m1/s1. The van der Waals surface area contributed by atoms with Crippen LogP contribution in [0, 0.1) is 57.7 Å². The molecule has 4 aliphatic carbocycles. The quantitative estimate of drug-likeness (QED) is 0.339. The van der Waals surface area contributed by atoms with Crippen LogP contribution >= 0.6 is 0 Å². The Morgan fingerprint density at radius 1 is 0.891 bits per heavy atom. The molecular formula is C34H46O12. The summed E-state index contributed by atoms with van der Waals surface area (Å²) in [5.74, 6) is -7.18. The lowest BCUT2D eigenvalue weighted by molar-refractivity contribution is -0.262. The number of aliphatic hydroxyl groups is 2. The number of rotatable bonds is 3. The van der Waals surface area contributed by atoms with E-state index in [2.05, 4.69) is 0 Å². The van der Waals surface area contributed by atoms with Gasteiger partial charge in [0.2, 0.25) is 0 Å². The van der Waals surface area contributed by atoms with Crippen LogP contribution < -0.4 is 0 Å². The molecule has 254 valence electrons. The van der Waals surface area contributed by atoms with Crippen LogP contribution in [-0.2, 0) is 47.7 Å². The molecule has 0 spiro atoms. The number of hydrogen-bond donors (Lipinski definition) is 2. The minimum absolute atomic E-state index is 0.0119. The molecule has 11 unspecified atom stereocenters. The third kappa shape index (κ3) is 3.98. The van der Waals surface area contributed by atoms with Gasteiger partial charge in [-0.3, -0.25) is 19.2 Å². The maximum absolute atomic E-state index is 14.2. The van der Waals surface area contributed by atoms with Gasteiger partial charge in [0.15, 0.2) is 11.4 Å². The number of aliphatic hydroxyl groups excluding tert-OH is 1. The molecule has 5 fully saturated rings. The van der Waals surface area contributed by atoms with Gasteiger partial charge in [-0.2, -0.15) is 0 Å². The fourth-order valence-corrected chi connectivity index (χ4v) is 11.4. The third-order valence-corrected chi connectivity index (χ3v) is 13.4. The molecule has 0 aromatic rings. The normalized spacial score (nSPS) is 52.1. The van der Waals surface area contributed by atoms with Crippen molar-refractivity contribution in [1.82, 2.24) is 0 Å². The van der Waals surface area contributed by atoms with Crippen molar-refractivity contribution >= 4 is 29.7 Å². The fourth-order valence-electron chi connectivity index (χ4n) is 11.4. The SMILES string of the molecule is CC(=O)OC1C2C3C(CC(OC(C)=O)[C@]2(C)C2C(C)C=C4OC(=O)[C@@](C)(O)[C@]4(C)C12)[C@]1(C)C(COC(C)C1OC(C)=O)C(=O)[C@@H]3O. The Morgan fingerprint density at radius 2 is 1.50 bits per heavy atom. The smallest absolute Gasteiger partial charge is 0.343 e. The molecule has 0 aromatic carbocycles. The van der Waals surface area contributed by atoms with Crippen LogP contribution in [0.3, 0.4) is 0 Å². The number of hydrogen-bond acceptors (Lipinski definition) is 12. The Balaban J connectivity index is 1.62. The lowest BCUT2D eigenvalue weighted by Gasteiger charge is -2.64. The Hall–Kier alpha value is -2.83. The van der Waals surface area contributed by atoms with Crippen LogP contribution in [0.4, 0.5) is 0 Å². The predicted octanol–water partition coefficient (Wildman–Crippen LogP) is 2.12. The Morgan fingerprint density at radius 3 is 2.09 bits per heavy atom. The molecule has 46 heavy (non-hydrogen) atoms. The van der Waals surface area contributed by atoms with Gasteiger partial charge >= 0.3 is 23.9 Å². The number of carbonyl (C=O) groups is 5. The first-order valence-electron chi connectivity index (χ1n) is 16.3. The number of esters is 4. The van der Waals surface area contributed by atoms with Gasteiger partial charge in [0.1, 0.15) is 30.2 Å². The van der Waals surface area contributed by atoms with Gasteiger partial charge in [-0.15, -0.1) is 0 Å². The molecule has 2 aliphatic heterocycles. The minimum atomic E-state index is -2.00. The summed E-state index contributed by atoms with van der Waals surface area (Å²) in [4.78, 5) is 65.6. The van der Waals surface area contributed by atoms with Crippen LogP contribution in [0.25, 0.3) is 0 Å². The van der Waals surface area contributed by atoms with Crippen LogP contribution in [0.5, 0.6) is 0 Å². The number of ether oxygens (including phenoxy) is 5. The first-order chi connectivity index (χ1) is 21.2. The van der Waals surface area contributed by atoms with Crippen molar-refractivity contribution in [1.29, 1.82) is 0 Å². The highest BCUT2D eigenvalue weighted by atomic mass is 16.6. The van der Waals surface area contributed by atoms with E-state index in [1.807, 2.05) is 26.8 Å². The maximum Gasteiger partial charge on any atom is 0.343 e. The zero-order valence-corrected chi connectivity index (χ0v) is 27.9. The number of ketones is 1. The van der Waals surface area contributed by atoms with E-state index in [1.54, 1.807) is 13.8 Å². The number of carbonyl (C=O) groups excluding carboxylic acids is 5. The summed E-state index contributed by atoms with van der Waals surface area (Å²) >= 11 is 0. The van der Waals surface area contributed by atoms with E-state index in [1.165, 1.54) is 27.7 Å². The molecule has 6 aliphatic rings. The number of fused-ring (bicyclic) bond motifs is 9. The summed E-state index contributed by atoms with van der Waals surface area (Å²) in [5, 5.41) is 23.8. The van der Waals surface area contributed by atoms with Gasteiger partial charge in [-0.1, -0.05) is 20.8 Å². The topological polar surface area (TPSA) is 172 Å². The lowest BCUT2D eigenvalue weighted by Crippen LogP contribution is -2.71. The van der Waals surface area contributed by atoms with E-state index in [-0.39, 0.29) is 24.7 Å². The predicted molar refractivity (Wildman–Crippen MR) is 157 cm³/mol. The molecule has 12 nitrogen and oxygen atoms in total. The van der Waals surface area contributed by atoms with E-state index in [0.717, 1.165) is 0 Å². The summed E-state index contributed by atoms with van der Waals surface area (Å²) in [6.45, 7) is 14.5. The van der Waals surface area contributed by atoms with Gasteiger partial charge in [-0.05, 0) is 51.0 Å². The summed E-state index contributed by atoms with van der Waals surface area (Å²) in [5.41, 5.74) is -5.42. The summed E-state index contributed by atoms with van der Waals surface area (Å²) < 4.78 is 29.9. The van der Waals surface area contributed by atoms with Gasteiger partial charge in [0.05, 0.1) is 24.0 Å². The van der Waals surface area contributed by atoms with E-state index < -0.39 is 118 Å². The molecule has 0 bridgehead atoms. The van der Waals surface area contributed by atoms with Gasteiger partial charge in [0.25, 0.3) is 0 Å². The summed E-state index contributed by atoms with van der Waals surface area (Å²) in [6.07, 6.45) is -2.72. The lowest BCUT2D eigenvalue weighted by atomic mass is 9.43. The average molecular weight is 647 g/mol. The monoisotopic (exact) mass is 646 g/mol. The first-order valence-corrected chi connectivity index (χ1v) is 16.3. The average Bonchev–Trinajstić information content (AvgIpc) is 3.30. The second kappa shape index (κ2) is 10.3. The molecule has 2 saturated heterocycles. The molecule has 2 heterocycles. The molecule has 12 heteroatoms. The number of allylic oxidation sites excluding steroid dienone is 1. The molecule has 0 radical (unpaired) electrons. The zero-order chi connectivity index (χ0) is 34.0. The van der Waals surface area contributed by atoms with Crippen molar-refractivity contribution < 1.29 is 57.9 Å². The highest BCUT2D eigenvalue weighted by Crippen LogP contribution is 2.75. The van der Waals surface area contributed by atoms with Crippen molar-refractivity contribution in [3.8, 4) is 0 Å². The highest BCUT2D eigenvalue weighted by Gasteiger charge is 2.80. The number of Topliss-reactive ketones (excluding diaryl/α,β-unsaturated/α-hetero) is 1. The molecule has 16 atom stereocenters. The molecule has 0 amide bonds. The van der Waals surface area contributed by atoms with Crippen molar-refractivity contribution in [2.24, 2.45) is 57.7 Å². The van der Waals surface area contributed by atoms with Gasteiger partial charge in [0, 0.05) is 49.4 Å². The molecule has 6 rings (SSSR count). The van der Waals surface area contributed by atoms with Crippen molar-refractivity contribution in [3.05, 3.63) is 11.8 Å². The molecular weight excluding hydrogens is 600 g/mol. The van der Waals surface area contributed by atoms with Crippen LogP contribution in [0.1, 0.15) is 68.7 Å². The Kier molecular flexibility index (Phi) is 7.43. The maximum atomic E-state index is 14.2. The minimum Gasteiger partial charge on any atom is -0.462 e. The second-order valence-electron chi connectivity index (χ2n) is 15.4. The zero-order valence-electron chi connectivity index (χ0n) is 27.9. The molecule has 3 saturated carbocycles. The van der Waals surface area contributed by atoms with Crippen molar-refractivity contribution in [2.75, 3.05) is 6.61 Å². The van der Waals surface area contributed by atoms with E-state index in [4.69, 9.17) is 23.7 Å². The summed E-state index contributed by atoms with van der Waals surface area (Å²) in [6, 6.07) is 0. The van der Waals surface area contributed by atoms with Crippen molar-refractivity contribution in [3.63, 3.8) is 0 Å². The van der Waals surface area contributed by atoms with Gasteiger partial charge < -0.3 is 33.9 Å². The second-order valence-corrected chi connectivity index (χ2v) is 15.4. The molecule has 2 N–H and O–H groups in total. The van der Waals surface area contributed by atoms with Crippen molar-refractivity contribution in [2.45, 2.75) is 105 Å². The van der Waals surface area contributed by atoms with Crippen LogP contribution in [0.2, 0.25) is 0 Å². The first kappa shape index (κ1) is 33.1. The van der Waals surface area contributed by atoms with E-state index >= 15 is 0 Å². The largest absolute Gasteiger partial charge is 0.462 e.